The number of carbonyl (C=O) groups is 1. The average Bonchev–Trinajstić information content (AvgIpc) is 2.45. The van der Waals surface area contributed by atoms with Crippen molar-refractivity contribution in [3.63, 3.8) is 0 Å². The Bertz CT molecular complexity index is 254. The summed E-state index contributed by atoms with van der Waals surface area (Å²) in [5.41, 5.74) is 0. The molecule has 0 spiro atoms. The Labute approximate surface area is 129 Å². The molecular weight excluding hydrogens is 276 g/mol. The van der Waals surface area contributed by atoms with Crippen LogP contribution in [0.1, 0.15) is 52.4 Å². The minimum Gasteiger partial charge on any atom is -0.391 e. The second kappa shape index (κ2) is 11.4. The predicted octanol–water partition coefficient (Wildman–Crippen LogP) is 2.10. The van der Waals surface area contributed by atoms with Gasteiger partial charge in [-0.2, -0.15) is 0 Å². The van der Waals surface area contributed by atoms with Gasteiger partial charge in [-0.05, 0) is 44.2 Å². The molecular formula is C15H31ClN2O2. The highest BCUT2D eigenvalue weighted by atomic mass is 35.5. The van der Waals surface area contributed by atoms with Crippen LogP contribution in [0.15, 0.2) is 0 Å². The van der Waals surface area contributed by atoms with E-state index in [1.807, 2.05) is 0 Å². The lowest BCUT2D eigenvalue weighted by molar-refractivity contribution is -0.122. The second-order valence-electron chi connectivity index (χ2n) is 5.68. The molecule has 1 saturated heterocycles. The van der Waals surface area contributed by atoms with Crippen LogP contribution in [0, 0.1) is 11.8 Å². The van der Waals surface area contributed by atoms with E-state index in [1.165, 1.54) is 12.8 Å². The standard InChI is InChI=1S/C15H30N2O2.ClH/c1-3-13(4-2)14(18)11-17-15(19)6-5-12-7-9-16-10-8-12;/h12-14,16,18H,3-11H2,1-2H3,(H,17,19);1H. The fraction of sp³-hybridized carbons (Fsp3) is 0.933. The molecule has 0 aromatic carbocycles. The summed E-state index contributed by atoms with van der Waals surface area (Å²) in [6, 6.07) is 0. The predicted molar refractivity (Wildman–Crippen MR) is 85.2 cm³/mol. The largest absolute Gasteiger partial charge is 0.391 e. The molecule has 0 aromatic rings. The lowest BCUT2D eigenvalue weighted by atomic mass is 9.93. The van der Waals surface area contributed by atoms with E-state index in [0.717, 1.165) is 32.4 Å². The SMILES string of the molecule is CCC(CC)C(O)CNC(=O)CCC1CCNCC1.Cl. The van der Waals surface area contributed by atoms with Crippen molar-refractivity contribution in [3.05, 3.63) is 0 Å². The summed E-state index contributed by atoms with van der Waals surface area (Å²) in [5.74, 6) is 1.07. The third-order valence-corrected chi connectivity index (χ3v) is 4.34. The van der Waals surface area contributed by atoms with Gasteiger partial charge in [0, 0.05) is 13.0 Å². The van der Waals surface area contributed by atoms with Gasteiger partial charge in [-0.25, -0.2) is 0 Å². The van der Waals surface area contributed by atoms with Crippen LogP contribution in [0.2, 0.25) is 0 Å². The van der Waals surface area contributed by atoms with Crippen molar-refractivity contribution in [2.75, 3.05) is 19.6 Å². The van der Waals surface area contributed by atoms with Crippen LogP contribution in [0.3, 0.4) is 0 Å². The van der Waals surface area contributed by atoms with Crippen LogP contribution < -0.4 is 10.6 Å². The highest BCUT2D eigenvalue weighted by Gasteiger charge is 2.17. The number of hydrogen-bond donors (Lipinski definition) is 3. The third kappa shape index (κ3) is 7.46. The van der Waals surface area contributed by atoms with Crippen LogP contribution in [-0.4, -0.2) is 36.8 Å². The molecule has 0 bridgehead atoms. The number of halogens is 1. The Kier molecular flexibility index (Phi) is 11.2. The number of carbonyl (C=O) groups excluding carboxylic acids is 1. The second-order valence-corrected chi connectivity index (χ2v) is 5.68. The van der Waals surface area contributed by atoms with E-state index in [1.54, 1.807) is 0 Å². The van der Waals surface area contributed by atoms with E-state index in [4.69, 9.17) is 0 Å². The molecule has 3 N–H and O–H groups in total. The molecule has 5 heteroatoms. The molecule has 0 radical (unpaired) electrons. The van der Waals surface area contributed by atoms with E-state index in [0.29, 0.717) is 24.8 Å². The van der Waals surface area contributed by atoms with Gasteiger partial charge in [0.25, 0.3) is 0 Å². The van der Waals surface area contributed by atoms with Crippen LogP contribution >= 0.6 is 12.4 Å². The molecule has 20 heavy (non-hydrogen) atoms. The van der Waals surface area contributed by atoms with Gasteiger partial charge in [0.2, 0.25) is 5.91 Å². The number of aliphatic hydroxyl groups excluding tert-OH is 1. The molecule has 1 fully saturated rings. The fourth-order valence-corrected chi connectivity index (χ4v) is 2.81. The fourth-order valence-electron chi connectivity index (χ4n) is 2.81. The van der Waals surface area contributed by atoms with Crippen molar-refractivity contribution >= 4 is 18.3 Å². The lowest BCUT2D eigenvalue weighted by Crippen LogP contribution is -2.36. The van der Waals surface area contributed by atoms with Crippen LogP contribution in [0.5, 0.6) is 0 Å². The van der Waals surface area contributed by atoms with Gasteiger partial charge >= 0.3 is 0 Å². The summed E-state index contributed by atoms with van der Waals surface area (Å²) < 4.78 is 0. The van der Waals surface area contributed by atoms with Gasteiger partial charge in [-0.3, -0.25) is 4.79 Å². The maximum Gasteiger partial charge on any atom is 0.220 e. The first-order valence-corrected chi connectivity index (χ1v) is 7.82. The first-order chi connectivity index (χ1) is 9.17. The molecule has 1 atom stereocenters. The van der Waals surface area contributed by atoms with Crippen LogP contribution in [0.25, 0.3) is 0 Å². The number of amides is 1. The summed E-state index contributed by atoms with van der Waals surface area (Å²) in [4.78, 5) is 11.8. The number of piperidine rings is 1. The van der Waals surface area contributed by atoms with Crippen LogP contribution in [-0.2, 0) is 4.79 Å². The molecule has 1 aliphatic heterocycles. The number of rotatable bonds is 8. The zero-order valence-electron chi connectivity index (χ0n) is 12.9. The Hall–Kier alpha value is -0.320. The van der Waals surface area contributed by atoms with E-state index in [-0.39, 0.29) is 18.3 Å². The molecule has 0 aliphatic carbocycles. The van der Waals surface area contributed by atoms with Crippen molar-refractivity contribution in [1.29, 1.82) is 0 Å². The number of hydrogen-bond acceptors (Lipinski definition) is 3. The summed E-state index contributed by atoms with van der Waals surface area (Å²) >= 11 is 0. The average molecular weight is 307 g/mol. The summed E-state index contributed by atoms with van der Waals surface area (Å²) in [7, 11) is 0. The summed E-state index contributed by atoms with van der Waals surface area (Å²) in [5, 5.41) is 16.2. The summed E-state index contributed by atoms with van der Waals surface area (Å²) in [6.07, 6.45) is 5.46. The van der Waals surface area contributed by atoms with Gasteiger partial charge in [-0.1, -0.05) is 26.7 Å². The molecule has 0 aromatic heterocycles. The summed E-state index contributed by atoms with van der Waals surface area (Å²) in [6.45, 7) is 6.73. The van der Waals surface area contributed by atoms with Gasteiger partial charge in [0.15, 0.2) is 0 Å². The third-order valence-electron chi connectivity index (χ3n) is 4.34. The van der Waals surface area contributed by atoms with E-state index in [2.05, 4.69) is 24.5 Å². The van der Waals surface area contributed by atoms with Gasteiger partial charge in [-0.15, -0.1) is 12.4 Å². The molecule has 1 rings (SSSR count). The maximum absolute atomic E-state index is 11.8. The minimum absolute atomic E-state index is 0. The van der Waals surface area contributed by atoms with Crippen molar-refractivity contribution in [2.45, 2.75) is 58.5 Å². The number of aliphatic hydroxyl groups is 1. The zero-order valence-corrected chi connectivity index (χ0v) is 13.7. The molecule has 0 saturated carbocycles. The number of nitrogens with one attached hydrogen (secondary N) is 2. The van der Waals surface area contributed by atoms with Crippen molar-refractivity contribution < 1.29 is 9.90 Å². The lowest BCUT2D eigenvalue weighted by Gasteiger charge is -2.23. The highest BCUT2D eigenvalue weighted by Crippen LogP contribution is 2.17. The minimum atomic E-state index is -0.405. The molecule has 120 valence electrons. The zero-order chi connectivity index (χ0) is 14.1. The normalized spacial score (nSPS) is 17.6. The first-order valence-electron chi connectivity index (χ1n) is 7.82. The molecule has 1 amide bonds. The van der Waals surface area contributed by atoms with Crippen LogP contribution in [0.4, 0.5) is 0 Å². The first kappa shape index (κ1) is 19.7. The van der Waals surface area contributed by atoms with E-state index >= 15 is 0 Å². The van der Waals surface area contributed by atoms with Crippen molar-refractivity contribution in [3.8, 4) is 0 Å². The Morgan fingerprint density at radius 3 is 2.45 bits per heavy atom. The van der Waals surface area contributed by atoms with Gasteiger partial charge in [0.1, 0.15) is 0 Å². The quantitative estimate of drug-likeness (QED) is 0.643. The highest BCUT2D eigenvalue weighted by molar-refractivity contribution is 5.85. The molecule has 1 unspecified atom stereocenters. The molecule has 1 aliphatic rings. The maximum atomic E-state index is 11.8. The van der Waals surface area contributed by atoms with E-state index < -0.39 is 6.10 Å². The van der Waals surface area contributed by atoms with Crippen molar-refractivity contribution in [2.24, 2.45) is 11.8 Å². The van der Waals surface area contributed by atoms with E-state index in [9.17, 15) is 9.90 Å². The monoisotopic (exact) mass is 306 g/mol. The Morgan fingerprint density at radius 2 is 1.90 bits per heavy atom. The van der Waals surface area contributed by atoms with Crippen molar-refractivity contribution in [1.82, 2.24) is 10.6 Å². The Balaban J connectivity index is 0.00000361. The smallest absolute Gasteiger partial charge is 0.220 e. The topological polar surface area (TPSA) is 61.4 Å². The Morgan fingerprint density at radius 1 is 1.30 bits per heavy atom. The van der Waals surface area contributed by atoms with Gasteiger partial charge < -0.3 is 15.7 Å². The molecule has 4 nitrogen and oxygen atoms in total. The molecule has 1 heterocycles. The van der Waals surface area contributed by atoms with Gasteiger partial charge in [0.05, 0.1) is 6.10 Å².